The van der Waals surface area contributed by atoms with Gasteiger partial charge in [-0.05, 0) is 67.2 Å². The first-order valence-corrected chi connectivity index (χ1v) is 9.57. The van der Waals surface area contributed by atoms with Crippen LogP contribution < -0.4 is 25.6 Å². The van der Waals surface area contributed by atoms with E-state index in [1.165, 1.54) is 0 Å². The molecule has 0 heterocycles. The SMILES string of the molecule is Cc1cc(Cl)ccc1OCC(=O)NC(=S)NNC(=O)COc1ccc(Br)cc1. The number of ether oxygens (including phenoxy) is 2. The number of carbonyl (C=O) groups excluding carboxylic acids is 2. The molecule has 0 radical (unpaired) electrons. The van der Waals surface area contributed by atoms with Gasteiger partial charge in [0.05, 0.1) is 0 Å². The van der Waals surface area contributed by atoms with Gasteiger partial charge >= 0.3 is 0 Å². The lowest BCUT2D eigenvalue weighted by Crippen LogP contribution is -2.50. The molecule has 148 valence electrons. The summed E-state index contributed by atoms with van der Waals surface area (Å²) in [6.07, 6.45) is 0. The fourth-order valence-electron chi connectivity index (χ4n) is 1.95. The molecule has 0 saturated heterocycles. The Morgan fingerprint density at radius 1 is 1.04 bits per heavy atom. The van der Waals surface area contributed by atoms with E-state index < -0.39 is 11.8 Å². The highest BCUT2D eigenvalue weighted by Crippen LogP contribution is 2.21. The van der Waals surface area contributed by atoms with E-state index in [1.807, 2.05) is 6.92 Å². The fourth-order valence-corrected chi connectivity index (χ4v) is 2.61. The van der Waals surface area contributed by atoms with Crippen LogP contribution in [0.2, 0.25) is 5.02 Å². The maximum absolute atomic E-state index is 11.9. The molecular formula is C18H17BrClN3O4S. The lowest BCUT2D eigenvalue weighted by Gasteiger charge is -2.12. The van der Waals surface area contributed by atoms with Crippen LogP contribution in [0.3, 0.4) is 0 Å². The Balaban J connectivity index is 1.66. The van der Waals surface area contributed by atoms with Gasteiger partial charge in [-0.3, -0.25) is 25.8 Å². The lowest BCUT2D eigenvalue weighted by molar-refractivity contribution is -0.124. The van der Waals surface area contributed by atoms with Gasteiger partial charge in [-0.15, -0.1) is 0 Å². The van der Waals surface area contributed by atoms with Crippen molar-refractivity contribution in [2.24, 2.45) is 0 Å². The number of thiocarbonyl (C=S) groups is 1. The molecule has 0 fully saturated rings. The summed E-state index contributed by atoms with van der Waals surface area (Å²) < 4.78 is 11.6. The number of hydrazine groups is 1. The van der Waals surface area contributed by atoms with Gasteiger partial charge in [-0.2, -0.15) is 0 Å². The second-order valence-electron chi connectivity index (χ2n) is 5.49. The number of benzene rings is 2. The lowest BCUT2D eigenvalue weighted by atomic mass is 10.2. The smallest absolute Gasteiger partial charge is 0.276 e. The molecule has 0 unspecified atom stereocenters. The predicted molar refractivity (Wildman–Crippen MR) is 113 cm³/mol. The Kier molecular flexibility index (Phi) is 8.49. The molecule has 2 rings (SSSR count). The van der Waals surface area contributed by atoms with Crippen molar-refractivity contribution >= 4 is 56.7 Å². The summed E-state index contributed by atoms with van der Waals surface area (Å²) >= 11 is 14.1. The molecule has 2 aromatic rings. The van der Waals surface area contributed by atoms with Gasteiger partial charge in [0, 0.05) is 9.50 Å². The van der Waals surface area contributed by atoms with Crippen LogP contribution in [0, 0.1) is 6.92 Å². The molecule has 10 heteroatoms. The third-order valence-corrected chi connectivity index (χ3v) is 4.22. The Morgan fingerprint density at radius 2 is 1.71 bits per heavy atom. The number of nitrogens with one attached hydrogen (secondary N) is 3. The first-order chi connectivity index (χ1) is 13.3. The zero-order chi connectivity index (χ0) is 20.5. The number of amides is 2. The molecule has 0 saturated carbocycles. The molecule has 7 nitrogen and oxygen atoms in total. The van der Waals surface area contributed by atoms with Crippen molar-refractivity contribution in [2.75, 3.05) is 13.2 Å². The number of hydrogen-bond donors (Lipinski definition) is 3. The predicted octanol–water partition coefficient (Wildman–Crippen LogP) is 2.89. The number of rotatable bonds is 6. The molecular weight excluding hydrogens is 470 g/mol. The Morgan fingerprint density at radius 3 is 2.39 bits per heavy atom. The van der Waals surface area contributed by atoms with E-state index in [4.69, 9.17) is 33.3 Å². The molecule has 0 aliphatic heterocycles. The highest BCUT2D eigenvalue weighted by molar-refractivity contribution is 9.10. The topological polar surface area (TPSA) is 88.7 Å². The molecule has 0 aliphatic carbocycles. The van der Waals surface area contributed by atoms with Gasteiger partial charge < -0.3 is 9.47 Å². The zero-order valence-corrected chi connectivity index (χ0v) is 17.9. The summed E-state index contributed by atoms with van der Waals surface area (Å²) in [6, 6.07) is 12.1. The maximum Gasteiger partial charge on any atom is 0.276 e. The number of carbonyl (C=O) groups is 2. The first kappa shape index (κ1) is 21.9. The van der Waals surface area contributed by atoms with Crippen LogP contribution in [0.4, 0.5) is 0 Å². The van der Waals surface area contributed by atoms with Crippen LogP contribution in [0.1, 0.15) is 5.56 Å². The molecule has 0 aromatic heterocycles. The van der Waals surface area contributed by atoms with Gasteiger partial charge in [0.2, 0.25) is 0 Å². The molecule has 0 bridgehead atoms. The average Bonchev–Trinajstić information content (AvgIpc) is 2.65. The van der Waals surface area contributed by atoms with Crippen molar-refractivity contribution in [1.29, 1.82) is 0 Å². The van der Waals surface area contributed by atoms with Crippen LogP contribution >= 0.6 is 39.7 Å². The molecule has 0 aliphatic rings. The van der Waals surface area contributed by atoms with Gasteiger partial charge in [-0.25, -0.2) is 0 Å². The summed E-state index contributed by atoms with van der Waals surface area (Å²) in [7, 11) is 0. The monoisotopic (exact) mass is 485 g/mol. The molecule has 3 N–H and O–H groups in total. The minimum absolute atomic E-state index is 0.0709. The summed E-state index contributed by atoms with van der Waals surface area (Å²) in [4.78, 5) is 23.6. The third kappa shape index (κ3) is 7.71. The Hall–Kier alpha value is -2.36. The van der Waals surface area contributed by atoms with Crippen molar-refractivity contribution in [1.82, 2.24) is 16.2 Å². The summed E-state index contributed by atoms with van der Waals surface area (Å²) in [5.41, 5.74) is 5.54. The van der Waals surface area contributed by atoms with Gasteiger partial charge in [0.1, 0.15) is 11.5 Å². The largest absolute Gasteiger partial charge is 0.484 e. The van der Waals surface area contributed by atoms with E-state index in [9.17, 15) is 9.59 Å². The van der Waals surface area contributed by atoms with Crippen molar-refractivity contribution in [3.05, 3.63) is 57.5 Å². The summed E-state index contributed by atoms with van der Waals surface area (Å²) in [5, 5.41) is 2.90. The van der Waals surface area contributed by atoms with E-state index in [1.54, 1.807) is 42.5 Å². The number of aryl methyl sites for hydroxylation is 1. The van der Waals surface area contributed by atoms with E-state index in [2.05, 4.69) is 32.1 Å². The van der Waals surface area contributed by atoms with Gasteiger partial charge in [0.25, 0.3) is 11.8 Å². The van der Waals surface area contributed by atoms with E-state index in [0.29, 0.717) is 16.5 Å². The van der Waals surface area contributed by atoms with Gasteiger partial charge in [-0.1, -0.05) is 27.5 Å². The van der Waals surface area contributed by atoms with E-state index in [-0.39, 0.29) is 18.3 Å². The molecule has 28 heavy (non-hydrogen) atoms. The van der Waals surface area contributed by atoms with Crippen molar-refractivity contribution in [3.63, 3.8) is 0 Å². The Labute approximate surface area is 180 Å². The van der Waals surface area contributed by atoms with Crippen LogP contribution in [0.15, 0.2) is 46.9 Å². The number of halogens is 2. The minimum atomic E-state index is -0.479. The average molecular weight is 487 g/mol. The van der Waals surface area contributed by atoms with Crippen LogP contribution in [0.5, 0.6) is 11.5 Å². The van der Waals surface area contributed by atoms with Crippen LogP contribution in [-0.4, -0.2) is 30.1 Å². The second-order valence-corrected chi connectivity index (χ2v) is 7.25. The highest BCUT2D eigenvalue weighted by atomic mass is 79.9. The van der Waals surface area contributed by atoms with Gasteiger partial charge in [0.15, 0.2) is 18.3 Å². The van der Waals surface area contributed by atoms with E-state index in [0.717, 1.165) is 10.0 Å². The maximum atomic E-state index is 11.9. The summed E-state index contributed by atoms with van der Waals surface area (Å²) in [5.74, 6) is 0.139. The van der Waals surface area contributed by atoms with E-state index >= 15 is 0 Å². The zero-order valence-electron chi connectivity index (χ0n) is 14.8. The molecule has 0 spiro atoms. The number of hydrogen-bond acceptors (Lipinski definition) is 5. The first-order valence-electron chi connectivity index (χ1n) is 7.99. The quantitative estimate of drug-likeness (QED) is 0.430. The fraction of sp³-hybridized carbons (Fsp3) is 0.167. The van der Waals surface area contributed by atoms with Crippen LogP contribution in [0.25, 0.3) is 0 Å². The normalized spacial score (nSPS) is 9.96. The summed E-state index contributed by atoms with van der Waals surface area (Å²) in [6.45, 7) is 1.35. The Bertz CT molecular complexity index is 864. The minimum Gasteiger partial charge on any atom is -0.484 e. The third-order valence-electron chi connectivity index (χ3n) is 3.25. The highest BCUT2D eigenvalue weighted by Gasteiger charge is 2.09. The van der Waals surface area contributed by atoms with Crippen LogP contribution in [-0.2, 0) is 9.59 Å². The van der Waals surface area contributed by atoms with Crippen molar-refractivity contribution < 1.29 is 19.1 Å². The molecule has 2 amide bonds. The molecule has 2 aromatic carbocycles. The molecule has 0 atom stereocenters. The second kappa shape index (κ2) is 10.8. The standard InChI is InChI=1S/C18H17BrClN3O4S/c1-11-8-13(20)4-7-15(11)27-9-16(24)21-18(28)23-22-17(25)10-26-14-5-2-12(19)3-6-14/h2-8H,9-10H2,1H3,(H,22,25)(H2,21,23,24,28). The van der Waals surface area contributed by atoms with Crippen molar-refractivity contribution in [3.8, 4) is 11.5 Å². The van der Waals surface area contributed by atoms with Crippen molar-refractivity contribution in [2.45, 2.75) is 6.92 Å².